The van der Waals surface area contributed by atoms with Crippen LogP contribution in [0, 0.1) is 5.82 Å². The molecule has 110 valence electrons. The SMILES string of the molecule is CC(NC(C)c1ccc2c(c1)OCO2)c1cncc(F)c1. The van der Waals surface area contributed by atoms with E-state index < -0.39 is 0 Å². The van der Waals surface area contributed by atoms with Crippen LogP contribution in [0.25, 0.3) is 0 Å². The smallest absolute Gasteiger partial charge is 0.231 e. The number of pyridine rings is 1. The van der Waals surface area contributed by atoms with Gasteiger partial charge in [0.2, 0.25) is 6.79 Å². The number of rotatable bonds is 4. The number of fused-ring (bicyclic) bond motifs is 1. The first-order chi connectivity index (χ1) is 10.1. The standard InChI is InChI=1S/C16H17FN2O2/c1-10(12-3-4-15-16(6-12)21-9-20-15)19-11(2)13-5-14(17)8-18-7-13/h3-8,10-11,19H,9H2,1-2H3. The highest BCUT2D eigenvalue weighted by atomic mass is 19.1. The van der Waals surface area contributed by atoms with Crippen molar-refractivity contribution in [3.8, 4) is 11.5 Å². The number of hydrogen-bond donors (Lipinski definition) is 1. The Balaban J connectivity index is 1.72. The van der Waals surface area contributed by atoms with Crippen molar-refractivity contribution in [3.63, 3.8) is 0 Å². The average molecular weight is 288 g/mol. The molecule has 5 heteroatoms. The van der Waals surface area contributed by atoms with Crippen LogP contribution >= 0.6 is 0 Å². The number of nitrogens with zero attached hydrogens (tertiary/aromatic N) is 1. The molecule has 21 heavy (non-hydrogen) atoms. The Hall–Kier alpha value is -2.14. The second-order valence-electron chi connectivity index (χ2n) is 5.16. The number of aromatic nitrogens is 1. The Morgan fingerprint density at radius 1 is 1.05 bits per heavy atom. The van der Waals surface area contributed by atoms with Crippen LogP contribution in [0.4, 0.5) is 4.39 Å². The van der Waals surface area contributed by atoms with E-state index in [1.807, 2.05) is 25.1 Å². The van der Waals surface area contributed by atoms with Crippen molar-refractivity contribution >= 4 is 0 Å². The van der Waals surface area contributed by atoms with Gasteiger partial charge in [-0.05, 0) is 43.2 Å². The zero-order chi connectivity index (χ0) is 14.8. The second-order valence-corrected chi connectivity index (χ2v) is 5.16. The van der Waals surface area contributed by atoms with Crippen molar-refractivity contribution in [1.29, 1.82) is 0 Å². The lowest BCUT2D eigenvalue weighted by Gasteiger charge is -2.20. The summed E-state index contributed by atoms with van der Waals surface area (Å²) in [4.78, 5) is 3.88. The minimum absolute atomic E-state index is 0.00590. The van der Waals surface area contributed by atoms with E-state index in [-0.39, 0.29) is 24.7 Å². The molecule has 2 unspecified atom stereocenters. The first kappa shape index (κ1) is 13.8. The van der Waals surface area contributed by atoms with Crippen molar-refractivity contribution in [1.82, 2.24) is 10.3 Å². The lowest BCUT2D eigenvalue weighted by Crippen LogP contribution is -2.22. The number of ether oxygens (including phenoxy) is 2. The normalized spacial score (nSPS) is 15.8. The molecule has 2 aromatic rings. The molecule has 1 aliphatic heterocycles. The van der Waals surface area contributed by atoms with Gasteiger partial charge in [0, 0.05) is 18.3 Å². The Bertz CT molecular complexity index is 648. The highest BCUT2D eigenvalue weighted by Gasteiger charge is 2.17. The van der Waals surface area contributed by atoms with Gasteiger partial charge < -0.3 is 14.8 Å². The van der Waals surface area contributed by atoms with E-state index in [2.05, 4.69) is 17.2 Å². The predicted octanol–water partition coefficient (Wildman–Crippen LogP) is 3.36. The van der Waals surface area contributed by atoms with E-state index in [0.29, 0.717) is 0 Å². The predicted molar refractivity (Wildman–Crippen MR) is 76.7 cm³/mol. The highest BCUT2D eigenvalue weighted by molar-refractivity contribution is 5.45. The van der Waals surface area contributed by atoms with Gasteiger partial charge in [0.15, 0.2) is 11.5 Å². The van der Waals surface area contributed by atoms with E-state index in [4.69, 9.17) is 9.47 Å². The molecular formula is C16H17FN2O2. The van der Waals surface area contributed by atoms with E-state index in [9.17, 15) is 4.39 Å². The van der Waals surface area contributed by atoms with Crippen LogP contribution in [0.15, 0.2) is 36.7 Å². The molecule has 0 spiro atoms. The molecule has 1 aromatic carbocycles. The molecule has 0 saturated carbocycles. The third kappa shape index (κ3) is 2.97. The molecule has 2 heterocycles. The molecule has 1 aromatic heterocycles. The maximum Gasteiger partial charge on any atom is 0.231 e. The lowest BCUT2D eigenvalue weighted by atomic mass is 10.0. The summed E-state index contributed by atoms with van der Waals surface area (Å²) in [6, 6.07) is 7.46. The van der Waals surface area contributed by atoms with Crippen molar-refractivity contribution in [2.75, 3.05) is 6.79 Å². The van der Waals surface area contributed by atoms with Crippen LogP contribution in [-0.2, 0) is 0 Å². The van der Waals surface area contributed by atoms with Gasteiger partial charge in [0.05, 0.1) is 6.20 Å². The number of hydrogen-bond acceptors (Lipinski definition) is 4. The van der Waals surface area contributed by atoms with Gasteiger partial charge in [0.1, 0.15) is 5.82 Å². The fourth-order valence-electron chi connectivity index (χ4n) is 2.42. The number of nitrogens with one attached hydrogen (secondary N) is 1. The molecule has 1 aliphatic rings. The third-order valence-electron chi connectivity index (χ3n) is 3.62. The lowest BCUT2D eigenvalue weighted by molar-refractivity contribution is 0.174. The van der Waals surface area contributed by atoms with E-state index in [1.165, 1.54) is 12.3 Å². The van der Waals surface area contributed by atoms with Crippen molar-refractivity contribution in [2.45, 2.75) is 25.9 Å². The molecule has 0 bridgehead atoms. The van der Waals surface area contributed by atoms with Crippen LogP contribution in [0.1, 0.15) is 37.1 Å². The number of halogens is 1. The van der Waals surface area contributed by atoms with Crippen molar-refractivity contribution in [3.05, 3.63) is 53.6 Å². The minimum atomic E-state index is -0.322. The zero-order valence-corrected chi connectivity index (χ0v) is 12.0. The van der Waals surface area contributed by atoms with E-state index in [1.54, 1.807) is 6.20 Å². The van der Waals surface area contributed by atoms with E-state index in [0.717, 1.165) is 22.6 Å². The topological polar surface area (TPSA) is 43.4 Å². The maximum absolute atomic E-state index is 13.2. The van der Waals surface area contributed by atoms with Gasteiger partial charge in [-0.3, -0.25) is 4.98 Å². The summed E-state index contributed by atoms with van der Waals surface area (Å²) in [5, 5.41) is 3.43. The average Bonchev–Trinajstić information content (AvgIpc) is 2.94. The first-order valence-corrected chi connectivity index (χ1v) is 6.89. The minimum Gasteiger partial charge on any atom is -0.454 e. The summed E-state index contributed by atoms with van der Waals surface area (Å²) >= 11 is 0. The summed E-state index contributed by atoms with van der Waals surface area (Å²) in [6.45, 7) is 4.31. The molecular weight excluding hydrogens is 271 g/mol. The third-order valence-corrected chi connectivity index (χ3v) is 3.62. The van der Waals surface area contributed by atoms with Crippen molar-refractivity contribution in [2.24, 2.45) is 0 Å². The molecule has 0 saturated heterocycles. The van der Waals surface area contributed by atoms with Crippen LogP contribution < -0.4 is 14.8 Å². The summed E-state index contributed by atoms with van der Waals surface area (Å²) in [5.74, 6) is 1.21. The van der Waals surface area contributed by atoms with Gasteiger partial charge in [-0.15, -0.1) is 0 Å². The molecule has 0 radical (unpaired) electrons. The Labute approximate surface area is 122 Å². The monoisotopic (exact) mass is 288 g/mol. The summed E-state index contributed by atoms with van der Waals surface area (Å²) in [7, 11) is 0. The van der Waals surface area contributed by atoms with Gasteiger partial charge in [-0.2, -0.15) is 0 Å². The maximum atomic E-state index is 13.2. The first-order valence-electron chi connectivity index (χ1n) is 6.89. The molecule has 0 amide bonds. The summed E-state index contributed by atoms with van der Waals surface area (Å²) < 4.78 is 23.9. The van der Waals surface area contributed by atoms with Gasteiger partial charge in [0.25, 0.3) is 0 Å². The van der Waals surface area contributed by atoms with Crippen LogP contribution in [0.2, 0.25) is 0 Å². The molecule has 1 N–H and O–H groups in total. The summed E-state index contributed by atoms with van der Waals surface area (Å²) in [5.41, 5.74) is 1.91. The second kappa shape index (κ2) is 5.69. The van der Waals surface area contributed by atoms with E-state index >= 15 is 0 Å². The van der Waals surface area contributed by atoms with Gasteiger partial charge >= 0.3 is 0 Å². The van der Waals surface area contributed by atoms with Crippen LogP contribution in [-0.4, -0.2) is 11.8 Å². The van der Waals surface area contributed by atoms with Crippen molar-refractivity contribution < 1.29 is 13.9 Å². The van der Waals surface area contributed by atoms with Gasteiger partial charge in [-0.1, -0.05) is 6.07 Å². The molecule has 3 rings (SSSR count). The largest absolute Gasteiger partial charge is 0.454 e. The molecule has 0 fully saturated rings. The van der Waals surface area contributed by atoms with Crippen LogP contribution in [0.5, 0.6) is 11.5 Å². The number of benzene rings is 1. The quantitative estimate of drug-likeness (QED) is 0.937. The Morgan fingerprint density at radius 2 is 1.81 bits per heavy atom. The molecule has 4 nitrogen and oxygen atoms in total. The molecule has 2 atom stereocenters. The Kier molecular flexibility index (Phi) is 3.75. The van der Waals surface area contributed by atoms with Gasteiger partial charge in [-0.25, -0.2) is 4.39 Å². The molecule has 0 aliphatic carbocycles. The zero-order valence-electron chi connectivity index (χ0n) is 12.0. The fourth-order valence-corrected chi connectivity index (χ4v) is 2.42. The summed E-state index contributed by atoms with van der Waals surface area (Å²) in [6.07, 6.45) is 2.88. The van der Waals surface area contributed by atoms with Crippen LogP contribution in [0.3, 0.4) is 0 Å². The highest BCUT2D eigenvalue weighted by Crippen LogP contribution is 2.34. The fraction of sp³-hybridized carbons (Fsp3) is 0.312. The Morgan fingerprint density at radius 3 is 2.62 bits per heavy atom.